The van der Waals surface area contributed by atoms with Crippen LogP contribution in [0, 0.1) is 0 Å². The number of halogens is 3. The van der Waals surface area contributed by atoms with Gasteiger partial charge in [0.1, 0.15) is 17.1 Å². The van der Waals surface area contributed by atoms with Gasteiger partial charge in [-0.15, -0.1) is 13.2 Å². The van der Waals surface area contributed by atoms with E-state index in [1.54, 1.807) is 0 Å². The minimum atomic E-state index is -4.92. The maximum absolute atomic E-state index is 12.5. The number of aliphatic hydroxyl groups is 2. The van der Waals surface area contributed by atoms with Gasteiger partial charge in [-0.05, 0) is 38.1 Å². The molecule has 0 radical (unpaired) electrons. The summed E-state index contributed by atoms with van der Waals surface area (Å²) in [6.45, 7) is 1.29. The topological polar surface area (TPSA) is 71.0 Å². The van der Waals surface area contributed by atoms with Gasteiger partial charge >= 0.3 is 6.36 Å². The van der Waals surface area contributed by atoms with Gasteiger partial charge in [-0.1, -0.05) is 6.07 Å². The molecule has 1 aromatic carbocycles. The molecule has 1 fully saturated rings. The summed E-state index contributed by atoms with van der Waals surface area (Å²) in [4.78, 5) is 0. The monoisotopic (exact) mass is 319 g/mol. The van der Waals surface area contributed by atoms with Crippen LogP contribution in [-0.2, 0) is 5.79 Å². The van der Waals surface area contributed by atoms with Crippen molar-refractivity contribution in [2.45, 2.75) is 37.0 Å². The summed E-state index contributed by atoms with van der Waals surface area (Å²) in [5.74, 6) is -3.08. The predicted molar refractivity (Wildman–Crippen MR) is 69.3 cm³/mol. The Kier molecular flexibility index (Phi) is 3.50. The number of hydrogen-bond donors (Lipinski definition) is 3. The van der Waals surface area contributed by atoms with Crippen molar-refractivity contribution in [1.29, 1.82) is 0 Å². The van der Waals surface area contributed by atoms with Crippen LogP contribution in [0.5, 0.6) is 11.5 Å². The first-order valence-corrected chi connectivity index (χ1v) is 6.95. The third-order valence-corrected chi connectivity index (χ3v) is 4.02. The van der Waals surface area contributed by atoms with E-state index < -0.39 is 23.5 Å². The summed E-state index contributed by atoms with van der Waals surface area (Å²) < 4.78 is 47.2. The van der Waals surface area contributed by atoms with Crippen LogP contribution < -0.4 is 14.8 Å². The molecule has 3 N–H and O–H groups in total. The molecule has 122 valence electrons. The first kappa shape index (κ1) is 15.4. The maximum Gasteiger partial charge on any atom is 0.573 e. The molecule has 0 amide bonds. The van der Waals surface area contributed by atoms with Crippen LogP contribution in [0.15, 0.2) is 18.2 Å². The third kappa shape index (κ3) is 2.86. The number of hydrogen-bond acceptors (Lipinski definition) is 5. The molecule has 2 heterocycles. The van der Waals surface area contributed by atoms with Gasteiger partial charge in [-0.2, -0.15) is 0 Å². The van der Waals surface area contributed by atoms with Crippen molar-refractivity contribution in [3.8, 4) is 11.5 Å². The lowest BCUT2D eigenvalue weighted by atomic mass is 9.80. The van der Waals surface area contributed by atoms with Gasteiger partial charge in [0.25, 0.3) is 0 Å². The highest BCUT2D eigenvalue weighted by molar-refractivity contribution is 5.49. The largest absolute Gasteiger partial charge is 0.573 e. The first-order chi connectivity index (χ1) is 10.2. The number of nitrogens with one attached hydrogen (secondary N) is 1. The number of ether oxygens (including phenoxy) is 2. The van der Waals surface area contributed by atoms with Gasteiger partial charge in [-0.25, -0.2) is 0 Å². The summed E-state index contributed by atoms with van der Waals surface area (Å²) in [5.41, 5.74) is -1.17. The second-order valence-electron chi connectivity index (χ2n) is 5.71. The van der Waals surface area contributed by atoms with Crippen LogP contribution in [-0.4, -0.2) is 35.3 Å². The van der Waals surface area contributed by atoms with Gasteiger partial charge in [0.05, 0.1) is 5.56 Å². The molecular formula is C14H16F3NO4. The number of alkyl halides is 3. The molecule has 2 aliphatic heterocycles. The molecular weight excluding hydrogens is 303 g/mol. The fourth-order valence-electron chi connectivity index (χ4n) is 3.17. The number of piperidine rings is 1. The normalized spacial score (nSPS) is 22.8. The van der Waals surface area contributed by atoms with Crippen molar-refractivity contribution in [2.75, 3.05) is 13.1 Å². The van der Waals surface area contributed by atoms with E-state index in [0.717, 1.165) is 6.07 Å². The molecule has 1 saturated heterocycles. The summed E-state index contributed by atoms with van der Waals surface area (Å²) in [5, 5.41) is 23.8. The fraction of sp³-hybridized carbons (Fsp3) is 0.571. The van der Waals surface area contributed by atoms with E-state index in [1.165, 1.54) is 12.1 Å². The molecule has 0 unspecified atom stereocenters. The Balaban J connectivity index is 2.01. The maximum atomic E-state index is 12.5. The van der Waals surface area contributed by atoms with Crippen LogP contribution in [0.3, 0.4) is 0 Å². The molecule has 8 heteroatoms. The Morgan fingerprint density at radius 3 is 2.50 bits per heavy atom. The molecule has 0 bridgehead atoms. The minimum Gasteiger partial charge on any atom is -0.486 e. The Morgan fingerprint density at radius 1 is 1.18 bits per heavy atom. The van der Waals surface area contributed by atoms with E-state index in [0.29, 0.717) is 25.9 Å². The van der Waals surface area contributed by atoms with Gasteiger partial charge in [0.2, 0.25) is 5.79 Å². The molecule has 1 spiro atoms. The summed E-state index contributed by atoms with van der Waals surface area (Å²) in [6, 6.07) is 3.79. The Bertz CT molecular complexity index is 568. The van der Waals surface area contributed by atoms with E-state index in [9.17, 15) is 23.4 Å². The zero-order valence-corrected chi connectivity index (χ0v) is 11.6. The first-order valence-electron chi connectivity index (χ1n) is 6.95. The molecule has 0 atom stereocenters. The van der Waals surface area contributed by atoms with Crippen molar-refractivity contribution in [3.63, 3.8) is 0 Å². The Labute approximate surface area is 124 Å². The summed E-state index contributed by atoms with van der Waals surface area (Å²) in [6.07, 6.45) is -4.04. The molecule has 1 aromatic rings. The SMILES string of the molecule is OC1(O)CC2(CCNCC2)Oc2cccc(OC(F)(F)F)c21. The average molecular weight is 319 g/mol. The molecule has 0 aliphatic carbocycles. The molecule has 0 aromatic heterocycles. The fourth-order valence-corrected chi connectivity index (χ4v) is 3.17. The molecule has 5 nitrogen and oxygen atoms in total. The van der Waals surface area contributed by atoms with Crippen LogP contribution in [0.1, 0.15) is 24.8 Å². The van der Waals surface area contributed by atoms with Crippen LogP contribution >= 0.6 is 0 Å². The number of rotatable bonds is 1. The van der Waals surface area contributed by atoms with E-state index >= 15 is 0 Å². The zero-order chi connectivity index (χ0) is 16.0. The molecule has 2 aliphatic rings. The number of benzene rings is 1. The highest BCUT2D eigenvalue weighted by Gasteiger charge is 2.50. The Hall–Kier alpha value is -1.51. The summed E-state index contributed by atoms with van der Waals surface area (Å²) >= 11 is 0. The predicted octanol–water partition coefficient (Wildman–Crippen LogP) is 1.63. The zero-order valence-electron chi connectivity index (χ0n) is 11.6. The molecule has 3 rings (SSSR count). The summed E-state index contributed by atoms with van der Waals surface area (Å²) in [7, 11) is 0. The third-order valence-electron chi connectivity index (χ3n) is 4.02. The second-order valence-corrected chi connectivity index (χ2v) is 5.71. The van der Waals surface area contributed by atoms with Crippen molar-refractivity contribution in [1.82, 2.24) is 5.32 Å². The van der Waals surface area contributed by atoms with E-state index in [-0.39, 0.29) is 17.7 Å². The van der Waals surface area contributed by atoms with Gasteiger partial charge in [0.15, 0.2) is 0 Å². The lowest BCUT2D eigenvalue weighted by Gasteiger charge is -2.46. The minimum absolute atomic E-state index is 0.0138. The number of fused-ring (bicyclic) bond motifs is 1. The van der Waals surface area contributed by atoms with E-state index in [2.05, 4.69) is 10.1 Å². The van der Waals surface area contributed by atoms with Crippen LogP contribution in [0.2, 0.25) is 0 Å². The van der Waals surface area contributed by atoms with Crippen molar-refractivity contribution in [2.24, 2.45) is 0 Å². The Morgan fingerprint density at radius 2 is 1.86 bits per heavy atom. The van der Waals surface area contributed by atoms with Crippen LogP contribution in [0.25, 0.3) is 0 Å². The van der Waals surface area contributed by atoms with E-state index in [1.807, 2.05) is 0 Å². The quantitative estimate of drug-likeness (QED) is 0.686. The van der Waals surface area contributed by atoms with Gasteiger partial charge in [0, 0.05) is 6.42 Å². The van der Waals surface area contributed by atoms with Crippen molar-refractivity contribution in [3.05, 3.63) is 23.8 Å². The smallest absolute Gasteiger partial charge is 0.486 e. The van der Waals surface area contributed by atoms with Gasteiger partial charge < -0.3 is 25.0 Å². The van der Waals surface area contributed by atoms with Crippen molar-refractivity contribution >= 4 is 0 Å². The lowest BCUT2D eigenvalue weighted by molar-refractivity contribution is -0.278. The standard InChI is InChI=1S/C14H16F3NO4/c15-14(16,17)22-10-3-1-2-9-11(10)13(19,20)8-12(21-9)4-6-18-7-5-12/h1-3,18-20H,4-8H2. The average Bonchev–Trinajstić information content (AvgIpc) is 2.35. The highest BCUT2D eigenvalue weighted by Crippen LogP contribution is 2.49. The molecule has 0 saturated carbocycles. The highest BCUT2D eigenvalue weighted by atomic mass is 19.4. The second kappa shape index (κ2) is 5.00. The van der Waals surface area contributed by atoms with Gasteiger partial charge in [-0.3, -0.25) is 0 Å². The van der Waals surface area contributed by atoms with Crippen molar-refractivity contribution < 1.29 is 32.9 Å². The van der Waals surface area contributed by atoms with E-state index in [4.69, 9.17) is 4.74 Å². The van der Waals surface area contributed by atoms with Crippen LogP contribution in [0.4, 0.5) is 13.2 Å². The lowest BCUT2D eigenvalue weighted by Crippen LogP contribution is -2.53. The molecule has 22 heavy (non-hydrogen) atoms.